The van der Waals surface area contributed by atoms with Gasteiger partial charge in [-0.2, -0.15) is 0 Å². The van der Waals surface area contributed by atoms with Crippen LogP contribution in [0.1, 0.15) is 39.0 Å². The Hall–Kier alpha value is -0.770. The van der Waals surface area contributed by atoms with Crippen LogP contribution in [0.4, 0.5) is 0 Å². The molecule has 0 saturated carbocycles. The van der Waals surface area contributed by atoms with Crippen LogP contribution >= 0.6 is 0 Å². The van der Waals surface area contributed by atoms with Crippen molar-refractivity contribution in [2.24, 2.45) is 5.73 Å². The topological polar surface area (TPSA) is 56.4 Å². The standard InChI is InChI=1S/C12H26N4/c1-2-3-4-5-6-7-15-8-10-16(11-9-15)12(13)14/h2-11H2,1H3,(H3,13,14). The van der Waals surface area contributed by atoms with Crippen LogP contribution in [0.2, 0.25) is 0 Å². The van der Waals surface area contributed by atoms with E-state index in [0.717, 1.165) is 26.2 Å². The summed E-state index contributed by atoms with van der Waals surface area (Å²) in [7, 11) is 0. The van der Waals surface area contributed by atoms with Gasteiger partial charge in [0.2, 0.25) is 0 Å². The number of nitrogens with two attached hydrogens (primary N) is 1. The van der Waals surface area contributed by atoms with E-state index in [0.29, 0.717) is 0 Å². The number of guanidine groups is 1. The Morgan fingerprint density at radius 1 is 1.06 bits per heavy atom. The van der Waals surface area contributed by atoms with Crippen LogP contribution in [0.25, 0.3) is 0 Å². The van der Waals surface area contributed by atoms with E-state index < -0.39 is 0 Å². The van der Waals surface area contributed by atoms with Crippen LogP contribution in [-0.4, -0.2) is 48.5 Å². The highest BCUT2D eigenvalue weighted by atomic mass is 15.3. The molecule has 1 aliphatic rings. The highest BCUT2D eigenvalue weighted by Gasteiger charge is 2.16. The molecule has 1 saturated heterocycles. The average molecular weight is 226 g/mol. The summed E-state index contributed by atoms with van der Waals surface area (Å²) in [4.78, 5) is 4.44. The van der Waals surface area contributed by atoms with Gasteiger partial charge in [0, 0.05) is 26.2 Å². The SMILES string of the molecule is CCCCCCCN1CCN(C(=N)N)CC1. The van der Waals surface area contributed by atoms with Crippen LogP contribution in [0.3, 0.4) is 0 Å². The lowest BCUT2D eigenvalue weighted by molar-refractivity contribution is 0.177. The molecule has 1 aliphatic heterocycles. The minimum absolute atomic E-state index is 0.225. The minimum atomic E-state index is 0.225. The number of nitrogens with one attached hydrogen (secondary N) is 1. The van der Waals surface area contributed by atoms with Gasteiger partial charge in [-0.25, -0.2) is 0 Å². The molecule has 0 aromatic carbocycles. The molecule has 1 heterocycles. The highest BCUT2D eigenvalue weighted by molar-refractivity contribution is 5.74. The zero-order valence-electron chi connectivity index (χ0n) is 10.5. The third-order valence-electron chi connectivity index (χ3n) is 3.29. The van der Waals surface area contributed by atoms with Crippen molar-refractivity contribution in [2.45, 2.75) is 39.0 Å². The fourth-order valence-electron chi connectivity index (χ4n) is 2.15. The van der Waals surface area contributed by atoms with E-state index in [1.54, 1.807) is 0 Å². The second-order valence-corrected chi connectivity index (χ2v) is 4.63. The monoisotopic (exact) mass is 226 g/mol. The fourth-order valence-corrected chi connectivity index (χ4v) is 2.15. The molecule has 0 atom stereocenters. The summed E-state index contributed by atoms with van der Waals surface area (Å²) in [6, 6.07) is 0. The first-order valence-corrected chi connectivity index (χ1v) is 6.55. The lowest BCUT2D eigenvalue weighted by Crippen LogP contribution is -2.50. The van der Waals surface area contributed by atoms with E-state index in [9.17, 15) is 0 Å². The molecular formula is C12H26N4. The predicted molar refractivity (Wildman–Crippen MR) is 68.7 cm³/mol. The molecule has 94 valence electrons. The lowest BCUT2D eigenvalue weighted by Gasteiger charge is -2.34. The van der Waals surface area contributed by atoms with Crippen molar-refractivity contribution in [3.05, 3.63) is 0 Å². The summed E-state index contributed by atoms with van der Waals surface area (Å²) in [6.07, 6.45) is 6.75. The number of rotatable bonds is 6. The number of piperazine rings is 1. The summed E-state index contributed by atoms with van der Waals surface area (Å²) in [5.41, 5.74) is 5.46. The molecule has 1 fully saturated rings. The molecule has 0 bridgehead atoms. The summed E-state index contributed by atoms with van der Waals surface area (Å²) in [5, 5.41) is 7.35. The van der Waals surface area contributed by atoms with Crippen molar-refractivity contribution < 1.29 is 0 Å². The Morgan fingerprint density at radius 3 is 2.25 bits per heavy atom. The number of unbranched alkanes of at least 4 members (excludes halogenated alkanes) is 4. The van der Waals surface area contributed by atoms with Gasteiger partial charge in [0.05, 0.1) is 0 Å². The summed E-state index contributed by atoms with van der Waals surface area (Å²) in [6.45, 7) is 7.44. The van der Waals surface area contributed by atoms with Gasteiger partial charge in [0.1, 0.15) is 0 Å². The van der Waals surface area contributed by atoms with E-state index in [1.807, 2.05) is 4.90 Å². The van der Waals surface area contributed by atoms with Gasteiger partial charge in [-0.1, -0.05) is 32.6 Å². The van der Waals surface area contributed by atoms with Crippen LogP contribution in [-0.2, 0) is 0 Å². The molecule has 0 spiro atoms. The van der Waals surface area contributed by atoms with Gasteiger partial charge in [-0.05, 0) is 13.0 Å². The molecule has 4 nitrogen and oxygen atoms in total. The van der Waals surface area contributed by atoms with E-state index in [-0.39, 0.29) is 5.96 Å². The third-order valence-corrected chi connectivity index (χ3v) is 3.29. The zero-order chi connectivity index (χ0) is 11.8. The summed E-state index contributed by atoms with van der Waals surface area (Å²) in [5.74, 6) is 0.225. The van der Waals surface area contributed by atoms with Crippen LogP contribution < -0.4 is 5.73 Å². The summed E-state index contributed by atoms with van der Waals surface area (Å²) >= 11 is 0. The number of hydrogen-bond donors (Lipinski definition) is 2. The molecule has 1 rings (SSSR count). The van der Waals surface area contributed by atoms with Crippen molar-refractivity contribution >= 4 is 5.96 Å². The zero-order valence-corrected chi connectivity index (χ0v) is 10.5. The molecule has 3 N–H and O–H groups in total. The smallest absolute Gasteiger partial charge is 0.188 e. The maximum atomic E-state index is 7.35. The Balaban J connectivity index is 2.02. The molecule has 0 unspecified atom stereocenters. The maximum Gasteiger partial charge on any atom is 0.188 e. The van der Waals surface area contributed by atoms with E-state index in [2.05, 4.69) is 11.8 Å². The van der Waals surface area contributed by atoms with Gasteiger partial charge in [0.25, 0.3) is 0 Å². The highest BCUT2D eigenvalue weighted by Crippen LogP contribution is 2.06. The molecule has 0 aromatic heterocycles. The van der Waals surface area contributed by atoms with Crippen molar-refractivity contribution in [3.8, 4) is 0 Å². The molecule has 4 heteroatoms. The van der Waals surface area contributed by atoms with Crippen molar-refractivity contribution in [1.82, 2.24) is 9.80 Å². The Kier molecular flexibility index (Phi) is 6.23. The first kappa shape index (κ1) is 13.3. The first-order valence-electron chi connectivity index (χ1n) is 6.55. The normalized spacial score (nSPS) is 17.7. The Morgan fingerprint density at radius 2 is 1.69 bits per heavy atom. The predicted octanol–water partition coefficient (Wildman–Crippen LogP) is 1.47. The average Bonchev–Trinajstić information content (AvgIpc) is 2.29. The van der Waals surface area contributed by atoms with Crippen LogP contribution in [0.5, 0.6) is 0 Å². The molecule has 0 aromatic rings. The Labute approximate surface area is 99.3 Å². The van der Waals surface area contributed by atoms with Crippen LogP contribution in [0, 0.1) is 5.41 Å². The molecule has 0 radical (unpaired) electrons. The van der Waals surface area contributed by atoms with Gasteiger partial charge in [-0.15, -0.1) is 0 Å². The summed E-state index contributed by atoms with van der Waals surface area (Å²) < 4.78 is 0. The van der Waals surface area contributed by atoms with E-state index >= 15 is 0 Å². The quantitative estimate of drug-likeness (QED) is 0.410. The van der Waals surface area contributed by atoms with Gasteiger partial charge in [-0.3, -0.25) is 10.3 Å². The Bertz CT molecular complexity index is 197. The van der Waals surface area contributed by atoms with E-state index in [1.165, 1.54) is 38.6 Å². The van der Waals surface area contributed by atoms with E-state index in [4.69, 9.17) is 11.1 Å². The number of nitrogens with zero attached hydrogens (tertiary/aromatic N) is 2. The molecule has 16 heavy (non-hydrogen) atoms. The molecule has 0 aliphatic carbocycles. The first-order chi connectivity index (χ1) is 7.74. The van der Waals surface area contributed by atoms with Crippen molar-refractivity contribution in [2.75, 3.05) is 32.7 Å². The third kappa shape index (κ3) is 4.84. The van der Waals surface area contributed by atoms with Crippen molar-refractivity contribution in [1.29, 1.82) is 5.41 Å². The van der Waals surface area contributed by atoms with Gasteiger partial charge in [0.15, 0.2) is 5.96 Å². The maximum absolute atomic E-state index is 7.35. The fraction of sp³-hybridized carbons (Fsp3) is 0.917. The largest absolute Gasteiger partial charge is 0.370 e. The van der Waals surface area contributed by atoms with Crippen molar-refractivity contribution in [3.63, 3.8) is 0 Å². The number of hydrogen-bond acceptors (Lipinski definition) is 2. The van der Waals surface area contributed by atoms with Gasteiger partial charge >= 0.3 is 0 Å². The van der Waals surface area contributed by atoms with Gasteiger partial charge < -0.3 is 10.6 Å². The lowest BCUT2D eigenvalue weighted by atomic mass is 10.1. The second-order valence-electron chi connectivity index (χ2n) is 4.63. The van der Waals surface area contributed by atoms with Crippen LogP contribution in [0.15, 0.2) is 0 Å². The second kappa shape index (κ2) is 7.49. The minimum Gasteiger partial charge on any atom is -0.370 e. The molecule has 0 amide bonds. The molecular weight excluding hydrogens is 200 g/mol.